The van der Waals surface area contributed by atoms with E-state index in [1.165, 1.54) is 0 Å². The molecule has 0 bridgehead atoms. The van der Waals surface area contributed by atoms with E-state index in [1.54, 1.807) is 25.1 Å². The number of nitrogens with zero attached hydrogens (tertiary/aromatic N) is 2. The third kappa shape index (κ3) is 4.19. The number of hydrogen-bond donors (Lipinski definition) is 1. The smallest absolute Gasteiger partial charge is 0.303 e. The van der Waals surface area contributed by atoms with Crippen LogP contribution in [0.4, 0.5) is 0 Å². The minimum absolute atomic E-state index is 0.0679. The molecule has 1 aromatic heterocycles. The quantitative estimate of drug-likeness (QED) is 0.590. The highest BCUT2D eigenvalue weighted by Gasteiger charge is 2.20. The van der Waals surface area contributed by atoms with Crippen molar-refractivity contribution in [3.63, 3.8) is 0 Å². The van der Waals surface area contributed by atoms with Gasteiger partial charge in [0.05, 0.1) is 38.1 Å². The molecular formula is C22H26N2O5. The first-order valence-electron chi connectivity index (χ1n) is 9.48. The van der Waals surface area contributed by atoms with E-state index in [9.17, 15) is 4.79 Å². The van der Waals surface area contributed by atoms with Crippen LogP contribution in [0.25, 0.3) is 22.0 Å². The van der Waals surface area contributed by atoms with Crippen LogP contribution in [-0.4, -0.2) is 41.7 Å². The number of aliphatic carboxylic acids is 1. The van der Waals surface area contributed by atoms with E-state index in [4.69, 9.17) is 19.3 Å². The first-order valence-corrected chi connectivity index (χ1v) is 9.48. The highest BCUT2D eigenvalue weighted by Crippen LogP contribution is 2.43. The van der Waals surface area contributed by atoms with E-state index in [2.05, 4.69) is 5.10 Å². The fourth-order valence-corrected chi connectivity index (χ4v) is 3.56. The van der Waals surface area contributed by atoms with Crippen molar-refractivity contribution in [3.05, 3.63) is 41.6 Å². The van der Waals surface area contributed by atoms with Gasteiger partial charge < -0.3 is 19.3 Å². The van der Waals surface area contributed by atoms with Crippen LogP contribution in [0.15, 0.2) is 30.5 Å². The zero-order valence-electron chi connectivity index (χ0n) is 17.2. The van der Waals surface area contributed by atoms with Gasteiger partial charge in [0, 0.05) is 31.0 Å². The molecular weight excluding hydrogens is 372 g/mol. The van der Waals surface area contributed by atoms with Gasteiger partial charge >= 0.3 is 5.97 Å². The monoisotopic (exact) mass is 398 g/mol. The van der Waals surface area contributed by atoms with Gasteiger partial charge in [0.25, 0.3) is 0 Å². The van der Waals surface area contributed by atoms with Crippen LogP contribution in [-0.2, 0) is 29.6 Å². The zero-order chi connectivity index (χ0) is 21.0. The summed E-state index contributed by atoms with van der Waals surface area (Å²) in [6.45, 7) is 3.05. The van der Waals surface area contributed by atoms with Crippen LogP contribution in [0.2, 0.25) is 0 Å². The molecule has 3 rings (SSSR count). The molecule has 29 heavy (non-hydrogen) atoms. The second-order valence-corrected chi connectivity index (χ2v) is 6.71. The van der Waals surface area contributed by atoms with Crippen LogP contribution >= 0.6 is 0 Å². The topological polar surface area (TPSA) is 82.8 Å². The number of carboxylic acid groups (broad SMARTS) is 1. The summed E-state index contributed by atoms with van der Waals surface area (Å²) in [7, 11) is 5.12. The van der Waals surface area contributed by atoms with E-state index >= 15 is 0 Å². The van der Waals surface area contributed by atoms with E-state index in [0.717, 1.165) is 33.2 Å². The molecule has 3 aromatic rings. The molecule has 154 valence electrons. The van der Waals surface area contributed by atoms with Crippen LogP contribution in [0, 0.1) is 0 Å². The molecule has 0 saturated heterocycles. The van der Waals surface area contributed by atoms with Gasteiger partial charge in [-0.25, -0.2) is 0 Å². The third-order valence-electron chi connectivity index (χ3n) is 4.90. The third-order valence-corrected chi connectivity index (χ3v) is 4.90. The van der Waals surface area contributed by atoms with Gasteiger partial charge in [0.2, 0.25) is 0 Å². The normalized spacial score (nSPS) is 11.0. The van der Waals surface area contributed by atoms with E-state index < -0.39 is 5.97 Å². The summed E-state index contributed by atoms with van der Waals surface area (Å²) in [6, 6.07) is 7.83. The van der Waals surface area contributed by atoms with E-state index in [-0.39, 0.29) is 6.42 Å². The van der Waals surface area contributed by atoms with E-state index in [0.29, 0.717) is 31.1 Å². The number of benzene rings is 2. The van der Waals surface area contributed by atoms with Crippen molar-refractivity contribution >= 4 is 16.9 Å². The fraction of sp³-hybridized carbons (Fsp3) is 0.364. The highest BCUT2D eigenvalue weighted by atomic mass is 16.5. The molecule has 1 N–H and O–H groups in total. The van der Waals surface area contributed by atoms with Crippen LogP contribution in [0.3, 0.4) is 0 Å². The van der Waals surface area contributed by atoms with Crippen molar-refractivity contribution in [1.82, 2.24) is 9.78 Å². The lowest BCUT2D eigenvalue weighted by Crippen LogP contribution is -2.01. The minimum Gasteiger partial charge on any atom is -0.496 e. The molecule has 0 aliphatic heterocycles. The molecule has 0 radical (unpaired) electrons. The molecule has 0 spiro atoms. The Balaban J connectivity index is 2.18. The number of rotatable bonds is 9. The molecule has 0 aliphatic rings. The Hall–Kier alpha value is -3.06. The number of aromatic nitrogens is 2. The molecule has 7 nitrogen and oxygen atoms in total. The van der Waals surface area contributed by atoms with Gasteiger partial charge in [-0.1, -0.05) is 12.1 Å². The lowest BCUT2D eigenvalue weighted by atomic mass is 9.95. The number of carbonyl (C=O) groups is 1. The van der Waals surface area contributed by atoms with Crippen molar-refractivity contribution in [3.8, 4) is 22.6 Å². The van der Waals surface area contributed by atoms with Crippen molar-refractivity contribution in [2.45, 2.75) is 26.4 Å². The largest absolute Gasteiger partial charge is 0.496 e. The number of fused-ring (bicyclic) bond motifs is 1. The SMILES string of the molecule is CCOCc1cc(OC)c(-c2ccc(CCC(=O)O)c3c2cnn3C)c(OC)c1. The molecule has 1 heterocycles. The Labute approximate surface area is 169 Å². The molecule has 0 saturated carbocycles. The standard InChI is InChI=1S/C22H26N2O5/c1-5-29-13-14-10-18(27-3)21(19(11-14)28-4)16-8-6-15(7-9-20(25)26)22-17(16)12-23-24(22)2/h6,8,10-12H,5,7,9,13H2,1-4H3,(H,25,26). The molecule has 0 amide bonds. The molecule has 0 aliphatic carbocycles. The summed E-state index contributed by atoms with van der Waals surface area (Å²) in [5.74, 6) is 0.544. The number of hydrogen-bond acceptors (Lipinski definition) is 5. The van der Waals surface area contributed by atoms with Gasteiger partial charge in [0.1, 0.15) is 11.5 Å². The Kier molecular flexibility index (Phi) is 6.39. The van der Waals surface area contributed by atoms with Crippen molar-refractivity contribution in [2.75, 3.05) is 20.8 Å². The average Bonchev–Trinajstić information content (AvgIpc) is 3.11. The average molecular weight is 398 g/mol. The maximum atomic E-state index is 11.0. The molecule has 2 aromatic carbocycles. The maximum absolute atomic E-state index is 11.0. The van der Waals surface area contributed by atoms with Crippen LogP contribution in [0.1, 0.15) is 24.5 Å². The van der Waals surface area contributed by atoms with Crippen LogP contribution in [0.5, 0.6) is 11.5 Å². The summed E-state index contributed by atoms with van der Waals surface area (Å²) in [6.07, 6.45) is 2.30. The van der Waals surface area contributed by atoms with Gasteiger partial charge in [-0.3, -0.25) is 9.48 Å². The van der Waals surface area contributed by atoms with Gasteiger partial charge in [-0.15, -0.1) is 0 Å². The number of ether oxygens (including phenoxy) is 3. The molecule has 0 unspecified atom stereocenters. The Bertz CT molecular complexity index is 1000. The minimum atomic E-state index is -0.822. The zero-order valence-corrected chi connectivity index (χ0v) is 17.2. The molecule has 7 heteroatoms. The first-order chi connectivity index (χ1) is 14.0. The Morgan fingerprint density at radius 1 is 1.17 bits per heavy atom. The maximum Gasteiger partial charge on any atom is 0.303 e. The predicted molar refractivity (Wildman–Crippen MR) is 111 cm³/mol. The molecule has 0 atom stereocenters. The Morgan fingerprint density at radius 3 is 2.45 bits per heavy atom. The summed E-state index contributed by atoms with van der Waals surface area (Å²) < 4.78 is 18.7. The predicted octanol–water partition coefficient (Wildman–Crippen LogP) is 3.81. The summed E-state index contributed by atoms with van der Waals surface area (Å²) in [4.78, 5) is 11.0. The Morgan fingerprint density at radius 2 is 1.86 bits per heavy atom. The lowest BCUT2D eigenvalue weighted by molar-refractivity contribution is -0.136. The van der Waals surface area contributed by atoms with Crippen molar-refractivity contribution in [1.29, 1.82) is 0 Å². The number of aryl methyl sites for hydroxylation is 2. The first kappa shape index (κ1) is 20.7. The van der Waals surface area contributed by atoms with Gasteiger partial charge in [-0.05, 0) is 36.6 Å². The number of carboxylic acids is 1. The van der Waals surface area contributed by atoms with Crippen molar-refractivity contribution < 1.29 is 24.1 Å². The second-order valence-electron chi connectivity index (χ2n) is 6.71. The highest BCUT2D eigenvalue weighted by molar-refractivity contribution is 5.99. The lowest BCUT2D eigenvalue weighted by Gasteiger charge is -2.17. The van der Waals surface area contributed by atoms with E-state index in [1.807, 2.05) is 38.2 Å². The molecule has 0 fully saturated rings. The van der Waals surface area contributed by atoms with Gasteiger partial charge in [-0.2, -0.15) is 5.10 Å². The van der Waals surface area contributed by atoms with Gasteiger partial charge in [0.15, 0.2) is 0 Å². The van der Waals surface area contributed by atoms with Crippen LogP contribution < -0.4 is 9.47 Å². The summed E-state index contributed by atoms with van der Waals surface area (Å²) in [5.41, 5.74) is 4.56. The second kappa shape index (κ2) is 8.96. The van der Waals surface area contributed by atoms with Crippen molar-refractivity contribution in [2.24, 2.45) is 7.05 Å². The summed E-state index contributed by atoms with van der Waals surface area (Å²) in [5, 5.41) is 14.4. The summed E-state index contributed by atoms with van der Waals surface area (Å²) >= 11 is 0. The fourth-order valence-electron chi connectivity index (χ4n) is 3.56. The number of methoxy groups -OCH3 is 2.